The largest absolute Gasteiger partial charge is 0.385 e. The van der Waals surface area contributed by atoms with E-state index in [2.05, 4.69) is 53.7 Å². The second kappa shape index (κ2) is 11.2. The monoisotopic (exact) mass is 440 g/mol. The Hall–Kier alpha value is -0.410. The van der Waals surface area contributed by atoms with Gasteiger partial charge in [0.1, 0.15) is 5.01 Å². The van der Waals surface area contributed by atoms with Gasteiger partial charge in [0.2, 0.25) is 0 Å². The molecule has 7 heteroatoms. The highest BCUT2D eigenvalue weighted by atomic mass is 127. The Morgan fingerprint density at radius 3 is 2.64 bits per heavy atom. The molecular weight excluding hydrogens is 411 g/mol. The van der Waals surface area contributed by atoms with Crippen LogP contribution in [0.1, 0.15) is 44.8 Å². The van der Waals surface area contributed by atoms with E-state index in [0.717, 1.165) is 42.8 Å². The van der Waals surface area contributed by atoms with Crippen molar-refractivity contribution >= 4 is 41.3 Å². The van der Waals surface area contributed by atoms with Gasteiger partial charge >= 0.3 is 0 Å². The Morgan fingerprint density at radius 1 is 1.36 bits per heavy atom. The fourth-order valence-electron chi connectivity index (χ4n) is 1.64. The molecule has 128 valence electrons. The zero-order chi connectivity index (χ0) is 15.7. The average molecular weight is 440 g/mol. The van der Waals surface area contributed by atoms with E-state index >= 15 is 0 Å². The van der Waals surface area contributed by atoms with Crippen molar-refractivity contribution in [3.8, 4) is 0 Å². The van der Waals surface area contributed by atoms with Crippen molar-refractivity contribution in [3.05, 3.63) is 16.1 Å². The van der Waals surface area contributed by atoms with Crippen molar-refractivity contribution in [1.82, 2.24) is 15.6 Å². The molecule has 1 aromatic heterocycles. The summed E-state index contributed by atoms with van der Waals surface area (Å²) in [5.74, 6) is 0.834. The maximum absolute atomic E-state index is 5.04. The lowest BCUT2D eigenvalue weighted by atomic mass is 9.93. The topological polar surface area (TPSA) is 58.5 Å². The van der Waals surface area contributed by atoms with E-state index in [1.54, 1.807) is 18.4 Å². The van der Waals surface area contributed by atoms with Gasteiger partial charge in [-0.2, -0.15) is 0 Å². The molecule has 0 atom stereocenters. The molecule has 1 rings (SSSR count). The van der Waals surface area contributed by atoms with Crippen LogP contribution in [0.15, 0.2) is 10.4 Å². The van der Waals surface area contributed by atoms with E-state index in [0.29, 0.717) is 6.54 Å². The van der Waals surface area contributed by atoms with Gasteiger partial charge in [-0.1, -0.05) is 20.8 Å². The average Bonchev–Trinajstić information content (AvgIpc) is 2.89. The number of aromatic nitrogens is 1. The summed E-state index contributed by atoms with van der Waals surface area (Å²) in [5, 5.41) is 9.72. The highest BCUT2D eigenvalue weighted by Gasteiger charge is 2.17. The number of rotatable bonds is 7. The molecule has 22 heavy (non-hydrogen) atoms. The van der Waals surface area contributed by atoms with Gasteiger partial charge in [0.05, 0.1) is 12.2 Å². The maximum atomic E-state index is 5.04. The van der Waals surface area contributed by atoms with Gasteiger partial charge < -0.3 is 15.4 Å². The molecule has 1 heterocycles. The molecule has 0 saturated carbocycles. The van der Waals surface area contributed by atoms with E-state index in [4.69, 9.17) is 4.74 Å². The van der Waals surface area contributed by atoms with Crippen LogP contribution in [0.4, 0.5) is 0 Å². The predicted octanol–water partition coefficient (Wildman–Crippen LogP) is 3.15. The number of methoxy groups -OCH3 is 1. The van der Waals surface area contributed by atoms with Crippen molar-refractivity contribution in [3.63, 3.8) is 0 Å². The molecule has 2 N–H and O–H groups in total. The summed E-state index contributed by atoms with van der Waals surface area (Å²) in [6.45, 7) is 11.7. The van der Waals surface area contributed by atoms with Crippen LogP contribution in [-0.2, 0) is 16.7 Å². The molecule has 0 bridgehead atoms. The van der Waals surface area contributed by atoms with Gasteiger partial charge in [0.15, 0.2) is 5.96 Å². The van der Waals surface area contributed by atoms with Crippen molar-refractivity contribution in [2.45, 2.75) is 46.1 Å². The smallest absolute Gasteiger partial charge is 0.191 e. The van der Waals surface area contributed by atoms with Crippen molar-refractivity contribution in [2.24, 2.45) is 4.99 Å². The lowest BCUT2D eigenvalue weighted by Crippen LogP contribution is -2.38. The third-order valence-corrected chi connectivity index (χ3v) is 3.69. The van der Waals surface area contributed by atoms with Crippen LogP contribution in [0.25, 0.3) is 0 Å². The van der Waals surface area contributed by atoms with E-state index in [1.807, 2.05) is 0 Å². The highest BCUT2D eigenvalue weighted by Crippen LogP contribution is 2.24. The third kappa shape index (κ3) is 8.28. The normalized spacial score (nSPS) is 12.0. The molecule has 0 radical (unpaired) electrons. The molecule has 0 aliphatic heterocycles. The van der Waals surface area contributed by atoms with E-state index < -0.39 is 0 Å². The van der Waals surface area contributed by atoms with Crippen LogP contribution in [0.2, 0.25) is 0 Å². The zero-order valence-electron chi connectivity index (χ0n) is 14.2. The second-order valence-corrected chi connectivity index (χ2v) is 6.79. The Bertz CT molecular complexity index is 443. The lowest BCUT2D eigenvalue weighted by Gasteiger charge is -2.14. The first-order chi connectivity index (χ1) is 9.97. The molecule has 0 fully saturated rings. The van der Waals surface area contributed by atoms with Gasteiger partial charge in [-0.15, -0.1) is 35.3 Å². The molecule has 0 aliphatic rings. The van der Waals surface area contributed by atoms with E-state index in [-0.39, 0.29) is 29.4 Å². The van der Waals surface area contributed by atoms with Gasteiger partial charge in [0, 0.05) is 37.6 Å². The maximum Gasteiger partial charge on any atom is 0.191 e. The molecule has 5 nitrogen and oxygen atoms in total. The Kier molecular flexibility index (Phi) is 11.0. The summed E-state index contributed by atoms with van der Waals surface area (Å²) in [4.78, 5) is 9.24. The van der Waals surface area contributed by atoms with E-state index in [9.17, 15) is 0 Å². The molecule has 0 aliphatic carbocycles. The lowest BCUT2D eigenvalue weighted by molar-refractivity contribution is 0.195. The predicted molar refractivity (Wildman–Crippen MR) is 106 cm³/mol. The fourth-order valence-corrected chi connectivity index (χ4v) is 2.58. The summed E-state index contributed by atoms with van der Waals surface area (Å²) >= 11 is 1.67. The van der Waals surface area contributed by atoms with Gasteiger partial charge in [0.25, 0.3) is 0 Å². The van der Waals surface area contributed by atoms with Crippen LogP contribution >= 0.6 is 35.3 Å². The number of hydrogen-bond acceptors (Lipinski definition) is 4. The van der Waals surface area contributed by atoms with Crippen LogP contribution < -0.4 is 10.6 Å². The molecule has 0 spiro atoms. The standard InChI is InChI=1S/C15H28N4OS.HI/c1-6-16-14(17-8-7-9-20-5)18-10-13-19-12(11-21-13)15(2,3)4;/h11H,6-10H2,1-5H3,(H2,16,17,18);1H. The molecule has 0 amide bonds. The summed E-state index contributed by atoms with van der Waals surface area (Å²) in [6.07, 6.45) is 0.965. The Balaban J connectivity index is 0.00000441. The number of thiazole rings is 1. The number of halogens is 1. The second-order valence-electron chi connectivity index (χ2n) is 5.84. The zero-order valence-corrected chi connectivity index (χ0v) is 17.4. The van der Waals surface area contributed by atoms with E-state index in [1.165, 1.54) is 0 Å². The summed E-state index contributed by atoms with van der Waals surface area (Å²) in [5.41, 5.74) is 1.23. The molecule has 0 aromatic carbocycles. The molecule has 1 aromatic rings. The minimum Gasteiger partial charge on any atom is -0.385 e. The SMILES string of the molecule is CCNC(=NCc1nc(C(C)(C)C)cs1)NCCCOC.I. The summed E-state index contributed by atoms with van der Waals surface area (Å²) in [7, 11) is 1.72. The first kappa shape index (κ1) is 21.6. The number of nitrogens with zero attached hydrogens (tertiary/aromatic N) is 2. The van der Waals surface area contributed by atoms with Crippen LogP contribution in [0.5, 0.6) is 0 Å². The van der Waals surface area contributed by atoms with Crippen LogP contribution in [0.3, 0.4) is 0 Å². The number of nitrogens with one attached hydrogen (secondary N) is 2. The number of aliphatic imine (C=N–C) groups is 1. The molecule has 0 unspecified atom stereocenters. The summed E-state index contributed by atoms with van der Waals surface area (Å²) < 4.78 is 5.04. The Labute approximate surface area is 155 Å². The summed E-state index contributed by atoms with van der Waals surface area (Å²) in [6, 6.07) is 0. The first-order valence-corrected chi connectivity index (χ1v) is 8.31. The third-order valence-electron chi connectivity index (χ3n) is 2.85. The van der Waals surface area contributed by atoms with Crippen LogP contribution in [0, 0.1) is 0 Å². The minimum atomic E-state index is 0. The van der Waals surface area contributed by atoms with Gasteiger partial charge in [-0.05, 0) is 13.3 Å². The van der Waals surface area contributed by atoms with Crippen LogP contribution in [-0.4, -0.2) is 37.7 Å². The number of hydrogen-bond donors (Lipinski definition) is 2. The fraction of sp³-hybridized carbons (Fsp3) is 0.733. The Morgan fingerprint density at radius 2 is 2.09 bits per heavy atom. The first-order valence-electron chi connectivity index (χ1n) is 7.43. The quantitative estimate of drug-likeness (QED) is 0.296. The molecule has 0 saturated heterocycles. The van der Waals surface area contributed by atoms with Crippen molar-refractivity contribution in [2.75, 3.05) is 26.8 Å². The highest BCUT2D eigenvalue weighted by molar-refractivity contribution is 14.0. The van der Waals surface area contributed by atoms with Gasteiger partial charge in [-0.3, -0.25) is 0 Å². The van der Waals surface area contributed by atoms with Crippen molar-refractivity contribution < 1.29 is 4.74 Å². The van der Waals surface area contributed by atoms with Crippen molar-refractivity contribution in [1.29, 1.82) is 0 Å². The molecular formula is C15H29IN4OS. The number of ether oxygens (including phenoxy) is 1. The number of guanidine groups is 1. The van der Waals surface area contributed by atoms with Gasteiger partial charge in [-0.25, -0.2) is 9.98 Å². The minimum absolute atomic E-state index is 0.